The minimum atomic E-state index is -0.334. The maximum atomic E-state index is 12.6. The molecule has 0 fully saturated rings. The SMILES string of the molecule is COc1ccc(CCNC(=O)Cn2c3c([nH]c2=O)C=C(c2cc(Cl)cc(Cl)c2)CN3C)cc1. The van der Waals surface area contributed by atoms with E-state index in [1.807, 2.05) is 54.4 Å². The van der Waals surface area contributed by atoms with Crippen molar-refractivity contribution in [2.75, 3.05) is 32.1 Å². The normalized spacial score (nSPS) is 12.8. The molecule has 1 amide bonds. The number of nitrogens with zero attached hydrogens (tertiary/aromatic N) is 2. The predicted octanol–water partition coefficient (Wildman–Crippen LogP) is 3.84. The van der Waals surface area contributed by atoms with Gasteiger partial charge in [0, 0.05) is 30.2 Å². The molecule has 0 radical (unpaired) electrons. The largest absolute Gasteiger partial charge is 0.497 e. The van der Waals surface area contributed by atoms with Gasteiger partial charge in [-0.1, -0.05) is 35.3 Å². The second kappa shape index (κ2) is 9.77. The van der Waals surface area contributed by atoms with Crippen LogP contribution >= 0.6 is 23.2 Å². The first-order chi connectivity index (χ1) is 15.8. The number of anilines is 1. The molecule has 1 aliphatic rings. The Bertz CT molecular complexity index is 1240. The van der Waals surface area contributed by atoms with Crippen molar-refractivity contribution >= 4 is 46.6 Å². The zero-order chi connectivity index (χ0) is 23.5. The molecule has 1 aromatic heterocycles. The van der Waals surface area contributed by atoms with Gasteiger partial charge in [0.1, 0.15) is 18.1 Å². The number of fused-ring (bicyclic) bond motifs is 1. The highest BCUT2D eigenvalue weighted by Crippen LogP contribution is 2.32. The molecule has 4 rings (SSSR count). The number of likely N-dealkylation sites (N-methyl/N-ethyl adjacent to an activating group) is 1. The summed E-state index contributed by atoms with van der Waals surface area (Å²) in [6.45, 7) is 0.950. The quantitative estimate of drug-likeness (QED) is 0.531. The van der Waals surface area contributed by atoms with E-state index in [1.165, 1.54) is 4.57 Å². The number of aromatic amines is 1. The fourth-order valence-corrected chi connectivity index (χ4v) is 4.47. The Balaban J connectivity index is 1.45. The summed E-state index contributed by atoms with van der Waals surface area (Å²) in [4.78, 5) is 29.9. The van der Waals surface area contributed by atoms with E-state index in [0.29, 0.717) is 41.1 Å². The van der Waals surface area contributed by atoms with Crippen molar-refractivity contribution in [3.05, 3.63) is 79.8 Å². The number of imidazole rings is 1. The third-order valence-electron chi connectivity index (χ3n) is 5.50. The van der Waals surface area contributed by atoms with Crippen LogP contribution < -0.4 is 20.6 Å². The number of carbonyl (C=O) groups excluding carboxylic acids is 1. The molecule has 0 saturated heterocycles. The average molecular weight is 487 g/mol. The van der Waals surface area contributed by atoms with E-state index in [9.17, 15) is 9.59 Å². The number of methoxy groups -OCH3 is 1. The molecule has 3 aromatic rings. The van der Waals surface area contributed by atoms with Crippen molar-refractivity contribution in [3.63, 3.8) is 0 Å². The molecule has 0 saturated carbocycles. The molecule has 0 bridgehead atoms. The topological polar surface area (TPSA) is 79.4 Å². The summed E-state index contributed by atoms with van der Waals surface area (Å²) in [5.41, 5.74) is 3.25. The summed E-state index contributed by atoms with van der Waals surface area (Å²) in [5.74, 6) is 1.23. The zero-order valence-corrected chi connectivity index (χ0v) is 19.8. The molecule has 2 N–H and O–H groups in total. The van der Waals surface area contributed by atoms with E-state index in [2.05, 4.69) is 10.3 Å². The number of H-pyrrole nitrogens is 1. The monoisotopic (exact) mass is 486 g/mol. The molecular weight excluding hydrogens is 463 g/mol. The lowest BCUT2D eigenvalue weighted by atomic mass is 10.0. The van der Waals surface area contributed by atoms with Crippen LogP contribution in [0.15, 0.2) is 47.3 Å². The van der Waals surface area contributed by atoms with Crippen LogP contribution in [0.4, 0.5) is 5.82 Å². The highest BCUT2D eigenvalue weighted by Gasteiger charge is 2.24. The highest BCUT2D eigenvalue weighted by molar-refractivity contribution is 6.35. The number of nitrogens with one attached hydrogen (secondary N) is 2. The van der Waals surface area contributed by atoms with Gasteiger partial charge < -0.3 is 19.9 Å². The lowest BCUT2D eigenvalue weighted by Gasteiger charge is -2.27. The fraction of sp³-hybridized carbons (Fsp3) is 0.250. The molecule has 33 heavy (non-hydrogen) atoms. The van der Waals surface area contributed by atoms with Gasteiger partial charge >= 0.3 is 5.69 Å². The van der Waals surface area contributed by atoms with Gasteiger partial charge in [0.25, 0.3) is 0 Å². The average Bonchev–Trinajstić information content (AvgIpc) is 3.09. The zero-order valence-electron chi connectivity index (χ0n) is 18.3. The Morgan fingerprint density at radius 2 is 1.85 bits per heavy atom. The smallest absolute Gasteiger partial charge is 0.328 e. The van der Waals surface area contributed by atoms with Crippen molar-refractivity contribution in [2.24, 2.45) is 0 Å². The first-order valence-electron chi connectivity index (χ1n) is 10.4. The molecule has 2 aromatic carbocycles. The Morgan fingerprint density at radius 1 is 1.15 bits per heavy atom. The summed E-state index contributed by atoms with van der Waals surface area (Å²) >= 11 is 12.3. The lowest BCUT2D eigenvalue weighted by Crippen LogP contribution is -2.35. The predicted molar refractivity (Wildman–Crippen MR) is 132 cm³/mol. The van der Waals surface area contributed by atoms with Gasteiger partial charge in [0.05, 0.1) is 12.8 Å². The third kappa shape index (κ3) is 5.26. The van der Waals surface area contributed by atoms with Gasteiger partial charge in [-0.05, 0) is 59.5 Å². The molecule has 0 spiro atoms. The Kier molecular flexibility index (Phi) is 6.81. The number of carbonyl (C=O) groups is 1. The minimum Gasteiger partial charge on any atom is -0.497 e. The number of amides is 1. The van der Waals surface area contributed by atoms with E-state index < -0.39 is 0 Å². The number of aromatic nitrogens is 2. The third-order valence-corrected chi connectivity index (χ3v) is 5.94. The number of ether oxygens (including phenoxy) is 1. The molecule has 0 aliphatic carbocycles. The molecule has 2 heterocycles. The van der Waals surface area contributed by atoms with Crippen LogP contribution in [0.3, 0.4) is 0 Å². The van der Waals surface area contributed by atoms with Crippen molar-refractivity contribution in [3.8, 4) is 5.75 Å². The van der Waals surface area contributed by atoms with Gasteiger partial charge in [-0.3, -0.25) is 9.36 Å². The van der Waals surface area contributed by atoms with Crippen LogP contribution in [0.2, 0.25) is 10.0 Å². The first-order valence-corrected chi connectivity index (χ1v) is 11.2. The van der Waals surface area contributed by atoms with Crippen molar-refractivity contribution in [1.29, 1.82) is 0 Å². The lowest BCUT2D eigenvalue weighted by molar-refractivity contribution is -0.121. The minimum absolute atomic E-state index is 0.0657. The van der Waals surface area contributed by atoms with E-state index in [0.717, 1.165) is 22.4 Å². The van der Waals surface area contributed by atoms with Crippen LogP contribution in [0.25, 0.3) is 11.6 Å². The second-order valence-electron chi connectivity index (χ2n) is 7.89. The number of hydrogen-bond donors (Lipinski definition) is 2. The number of benzene rings is 2. The molecule has 0 unspecified atom stereocenters. The molecule has 172 valence electrons. The molecule has 1 aliphatic heterocycles. The van der Waals surface area contributed by atoms with E-state index >= 15 is 0 Å². The number of hydrogen-bond acceptors (Lipinski definition) is 4. The molecule has 7 nitrogen and oxygen atoms in total. The van der Waals surface area contributed by atoms with Gasteiger partial charge in [-0.2, -0.15) is 0 Å². The first kappa shape index (κ1) is 23.0. The summed E-state index contributed by atoms with van der Waals surface area (Å²) in [6, 6.07) is 13.0. The second-order valence-corrected chi connectivity index (χ2v) is 8.76. The molecular formula is C24H24Cl2N4O3. The van der Waals surface area contributed by atoms with Gasteiger partial charge in [0.15, 0.2) is 0 Å². The Labute approximate surface area is 201 Å². The summed E-state index contributed by atoms with van der Waals surface area (Å²) in [7, 11) is 3.50. The van der Waals surface area contributed by atoms with Crippen LogP contribution in [-0.2, 0) is 17.8 Å². The van der Waals surface area contributed by atoms with Crippen LogP contribution in [0.5, 0.6) is 5.75 Å². The maximum Gasteiger partial charge on any atom is 0.328 e. The highest BCUT2D eigenvalue weighted by atomic mass is 35.5. The van der Waals surface area contributed by atoms with Crippen LogP contribution in [0.1, 0.15) is 16.8 Å². The summed E-state index contributed by atoms with van der Waals surface area (Å²) in [6.07, 6.45) is 2.58. The summed E-state index contributed by atoms with van der Waals surface area (Å²) < 4.78 is 6.61. The molecule has 0 atom stereocenters. The van der Waals surface area contributed by atoms with E-state index in [4.69, 9.17) is 27.9 Å². The van der Waals surface area contributed by atoms with Crippen LogP contribution in [0, 0.1) is 0 Å². The van der Waals surface area contributed by atoms with Crippen molar-refractivity contribution in [2.45, 2.75) is 13.0 Å². The standard InChI is InChI=1S/C24H24Cl2N4O3/c1-29-13-17(16-9-18(25)12-19(26)10-16)11-21-23(29)30(24(32)28-21)14-22(31)27-8-7-15-3-5-20(33-2)6-4-15/h3-6,9-12H,7-8,13-14H2,1-2H3,(H,27,31)(H,28,32). The Hall–Kier alpha value is -3.16. The Morgan fingerprint density at radius 3 is 2.52 bits per heavy atom. The van der Waals surface area contributed by atoms with Crippen LogP contribution in [-0.4, -0.2) is 42.7 Å². The van der Waals surface area contributed by atoms with Crippen molar-refractivity contribution in [1.82, 2.24) is 14.9 Å². The van der Waals surface area contributed by atoms with Gasteiger partial charge in [0.2, 0.25) is 5.91 Å². The molecule has 9 heteroatoms. The summed E-state index contributed by atoms with van der Waals surface area (Å²) in [5, 5.41) is 3.98. The van der Waals surface area contributed by atoms with Gasteiger partial charge in [-0.25, -0.2) is 4.79 Å². The number of halogens is 2. The number of rotatable bonds is 7. The van der Waals surface area contributed by atoms with E-state index in [-0.39, 0.29) is 18.1 Å². The van der Waals surface area contributed by atoms with Gasteiger partial charge in [-0.15, -0.1) is 0 Å². The van der Waals surface area contributed by atoms with Crippen molar-refractivity contribution < 1.29 is 9.53 Å². The van der Waals surface area contributed by atoms with E-state index in [1.54, 1.807) is 13.2 Å². The maximum absolute atomic E-state index is 12.6. The fourth-order valence-electron chi connectivity index (χ4n) is 3.94.